The third-order valence-electron chi connectivity index (χ3n) is 8.07. The van der Waals surface area contributed by atoms with Crippen molar-refractivity contribution in [2.45, 2.75) is 81.9 Å². The molecule has 2 aromatic rings. The molecule has 46 heavy (non-hydrogen) atoms. The van der Waals surface area contributed by atoms with E-state index in [1.807, 2.05) is 7.05 Å². The zero-order valence-corrected chi connectivity index (χ0v) is 26.4. The van der Waals surface area contributed by atoms with Crippen LogP contribution in [0.2, 0.25) is 0 Å². The van der Waals surface area contributed by atoms with Crippen molar-refractivity contribution < 1.29 is 43.9 Å². The number of anilines is 4. The molecule has 0 atom stereocenters. The van der Waals surface area contributed by atoms with E-state index >= 15 is 0 Å². The van der Waals surface area contributed by atoms with E-state index in [0.717, 1.165) is 38.8 Å². The van der Waals surface area contributed by atoms with Gasteiger partial charge in [-0.3, -0.25) is 9.59 Å². The molecule has 15 nitrogen and oxygen atoms in total. The van der Waals surface area contributed by atoms with Gasteiger partial charge >= 0.3 is 17.9 Å². The number of aliphatic hydroxyl groups is 1. The number of nitrogens with one attached hydrogen (secondary N) is 2. The Morgan fingerprint density at radius 2 is 1.57 bits per heavy atom. The summed E-state index contributed by atoms with van der Waals surface area (Å²) >= 11 is 0. The number of likely N-dealkylation sites (tertiary alicyclic amines) is 1. The molecule has 0 spiro atoms. The number of carbonyl (C=O) groups is 3. The molecule has 1 aromatic carbocycles. The van der Waals surface area contributed by atoms with Crippen molar-refractivity contribution in [2.24, 2.45) is 0 Å². The van der Waals surface area contributed by atoms with Crippen molar-refractivity contribution >= 4 is 41.4 Å². The van der Waals surface area contributed by atoms with E-state index in [-0.39, 0.29) is 5.75 Å². The highest BCUT2D eigenvalue weighted by molar-refractivity contribution is 5.88. The first kappa shape index (κ1) is 36.2. The first-order chi connectivity index (χ1) is 21.8. The maximum Gasteiger partial charge on any atom is 0.336 e. The van der Waals surface area contributed by atoms with Gasteiger partial charge in [-0.1, -0.05) is 31.7 Å². The highest BCUT2D eigenvalue weighted by Gasteiger charge is 2.40. The fourth-order valence-corrected chi connectivity index (χ4v) is 5.44. The van der Waals surface area contributed by atoms with Gasteiger partial charge in [-0.2, -0.15) is 15.0 Å². The molecule has 254 valence electrons. The summed E-state index contributed by atoms with van der Waals surface area (Å²) in [6.45, 7) is 2.11. The van der Waals surface area contributed by atoms with Gasteiger partial charge in [0.25, 0.3) is 0 Å². The molecule has 0 radical (unpaired) electrons. The predicted molar refractivity (Wildman–Crippen MR) is 167 cm³/mol. The Morgan fingerprint density at radius 3 is 2.11 bits per heavy atom. The number of hydrogen-bond acceptors (Lipinski definition) is 12. The number of para-hydroxylation sites is 1. The molecule has 0 bridgehead atoms. The average Bonchev–Trinajstić information content (AvgIpc) is 3.25. The van der Waals surface area contributed by atoms with Gasteiger partial charge in [-0.25, -0.2) is 9.18 Å². The van der Waals surface area contributed by atoms with Crippen molar-refractivity contribution in [1.82, 2.24) is 19.9 Å². The number of piperidine rings is 1. The van der Waals surface area contributed by atoms with Gasteiger partial charge in [0.05, 0.1) is 25.6 Å². The number of carboxylic acid groups (broad SMARTS) is 3. The summed E-state index contributed by atoms with van der Waals surface area (Å²) in [5.41, 5.74) is -2.26. The first-order valence-corrected chi connectivity index (χ1v) is 15.2. The zero-order valence-electron chi connectivity index (χ0n) is 26.4. The van der Waals surface area contributed by atoms with E-state index in [4.69, 9.17) is 35.1 Å². The summed E-state index contributed by atoms with van der Waals surface area (Å²) in [5.74, 6) is -3.76. The first-order valence-electron chi connectivity index (χ1n) is 15.2. The van der Waals surface area contributed by atoms with Crippen LogP contribution in [0.3, 0.4) is 0 Å². The van der Waals surface area contributed by atoms with Crippen LogP contribution in [0, 0.1) is 5.82 Å². The lowest BCUT2D eigenvalue weighted by Gasteiger charge is -2.35. The van der Waals surface area contributed by atoms with Gasteiger partial charge < -0.3 is 45.6 Å². The van der Waals surface area contributed by atoms with Crippen LogP contribution in [0.1, 0.15) is 64.2 Å². The third-order valence-corrected chi connectivity index (χ3v) is 8.07. The number of aliphatic carboxylic acids is 3. The SMILES string of the molecule is COc1c(F)cccc1Nc1nc(NC2CCCCCC2)nc(N(C)C2CCN(C)CC2)n1.O=C(O)CC(O)(CC(=O)O)C(=O)O. The van der Waals surface area contributed by atoms with Gasteiger partial charge in [-0.05, 0) is 58.0 Å². The van der Waals surface area contributed by atoms with Crippen LogP contribution < -0.4 is 20.3 Å². The number of rotatable bonds is 12. The standard InChI is InChI=1S/C24H36FN7O.C6H8O7/c1-31-15-13-18(14-16-31)32(2)24-29-22(26-17-9-6-4-5-7-10-17)28-23(30-24)27-20-12-8-11-19(25)21(20)33-3;7-3(8)1-6(13,5(11)12)2-4(9)10/h8,11-12,17-18H,4-7,9-10,13-16H2,1-3H3,(H2,26,27,28,29,30);13H,1-2H2,(H,7,8)(H,9,10)(H,11,12). The highest BCUT2D eigenvalue weighted by atomic mass is 19.1. The van der Waals surface area contributed by atoms with Gasteiger partial charge in [0.2, 0.25) is 17.8 Å². The molecule has 1 saturated heterocycles. The second-order valence-electron chi connectivity index (χ2n) is 11.7. The number of hydrogen-bond donors (Lipinski definition) is 6. The second-order valence-corrected chi connectivity index (χ2v) is 11.7. The average molecular weight is 650 g/mol. The number of ether oxygens (including phenoxy) is 1. The Labute approximate surface area is 266 Å². The number of nitrogens with zero attached hydrogens (tertiary/aromatic N) is 5. The summed E-state index contributed by atoms with van der Waals surface area (Å²) in [6.07, 6.45) is 7.07. The highest BCUT2D eigenvalue weighted by Crippen LogP contribution is 2.30. The van der Waals surface area contributed by atoms with E-state index in [0.29, 0.717) is 35.6 Å². The van der Waals surface area contributed by atoms with Crippen LogP contribution >= 0.6 is 0 Å². The maximum atomic E-state index is 14.2. The van der Waals surface area contributed by atoms with Crippen LogP contribution in [-0.4, -0.2) is 110 Å². The molecule has 0 unspecified atom stereocenters. The van der Waals surface area contributed by atoms with Crippen molar-refractivity contribution in [1.29, 1.82) is 0 Å². The van der Waals surface area contributed by atoms with Crippen LogP contribution in [0.15, 0.2) is 18.2 Å². The van der Waals surface area contributed by atoms with Gasteiger partial charge in [0, 0.05) is 19.1 Å². The molecule has 6 N–H and O–H groups in total. The molecule has 4 rings (SSSR count). The number of carboxylic acids is 3. The number of benzene rings is 1. The fourth-order valence-electron chi connectivity index (χ4n) is 5.44. The molecule has 16 heteroatoms. The van der Waals surface area contributed by atoms with Gasteiger partial charge in [0.15, 0.2) is 17.2 Å². The Morgan fingerprint density at radius 1 is 0.978 bits per heavy atom. The smallest absolute Gasteiger partial charge is 0.336 e. The summed E-state index contributed by atoms with van der Waals surface area (Å²) in [5, 5.41) is 40.5. The van der Waals surface area contributed by atoms with Crippen molar-refractivity contribution in [3.05, 3.63) is 24.0 Å². The molecule has 2 heterocycles. The molecule has 2 aliphatic rings. The van der Waals surface area contributed by atoms with E-state index in [1.54, 1.807) is 12.1 Å². The number of halogens is 1. The van der Waals surface area contributed by atoms with Crippen molar-refractivity contribution in [3.8, 4) is 5.75 Å². The normalized spacial score (nSPS) is 16.4. The van der Waals surface area contributed by atoms with E-state index < -0.39 is 42.2 Å². The van der Waals surface area contributed by atoms with Gasteiger partial charge in [0.1, 0.15) is 0 Å². The monoisotopic (exact) mass is 649 g/mol. The molecule has 2 fully saturated rings. The minimum atomic E-state index is -2.74. The molecule has 1 aliphatic heterocycles. The third kappa shape index (κ3) is 10.7. The van der Waals surface area contributed by atoms with Crippen LogP contribution in [-0.2, 0) is 14.4 Å². The van der Waals surface area contributed by atoms with E-state index in [1.165, 1.54) is 38.9 Å². The predicted octanol–water partition coefficient (Wildman–Crippen LogP) is 3.18. The lowest BCUT2D eigenvalue weighted by atomic mass is 9.96. The van der Waals surface area contributed by atoms with Crippen LogP contribution in [0.25, 0.3) is 0 Å². The van der Waals surface area contributed by atoms with Crippen molar-refractivity contribution in [2.75, 3.05) is 49.8 Å². The molecule has 1 aromatic heterocycles. The Balaban J connectivity index is 0.000000376. The number of methoxy groups -OCH3 is 1. The molecular weight excluding hydrogens is 605 g/mol. The zero-order chi connectivity index (χ0) is 33.9. The summed E-state index contributed by atoms with van der Waals surface area (Å²) in [4.78, 5) is 49.1. The van der Waals surface area contributed by atoms with E-state index in [9.17, 15) is 18.8 Å². The lowest BCUT2D eigenvalue weighted by Crippen LogP contribution is -2.42. The minimum absolute atomic E-state index is 0.140. The summed E-state index contributed by atoms with van der Waals surface area (Å²) in [6, 6.07) is 5.48. The van der Waals surface area contributed by atoms with Crippen molar-refractivity contribution in [3.63, 3.8) is 0 Å². The lowest BCUT2D eigenvalue weighted by molar-refractivity contribution is -0.170. The fraction of sp³-hybridized carbons (Fsp3) is 0.600. The quantitative estimate of drug-likeness (QED) is 0.182. The number of aromatic nitrogens is 3. The topological polar surface area (TPSA) is 211 Å². The maximum absolute atomic E-state index is 14.2. The van der Waals surface area contributed by atoms with Crippen LogP contribution in [0.4, 0.5) is 27.9 Å². The summed E-state index contributed by atoms with van der Waals surface area (Å²) in [7, 11) is 5.66. The molecule has 1 aliphatic carbocycles. The molecule has 1 saturated carbocycles. The Hall–Kier alpha value is -4.31. The Bertz CT molecular complexity index is 1320. The van der Waals surface area contributed by atoms with E-state index in [2.05, 4.69) is 32.5 Å². The minimum Gasteiger partial charge on any atom is -0.492 e. The summed E-state index contributed by atoms with van der Waals surface area (Å²) < 4.78 is 19.5. The Kier molecular flexibility index (Phi) is 13.2. The second kappa shape index (κ2) is 16.8. The molecular formula is C30H44FN7O8. The van der Waals surface area contributed by atoms with Gasteiger partial charge in [-0.15, -0.1) is 0 Å². The van der Waals surface area contributed by atoms with Crippen LogP contribution in [0.5, 0.6) is 5.75 Å². The largest absolute Gasteiger partial charge is 0.492 e. The molecule has 0 amide bonds.